The van der Waals surface area contributed by atoms with Crippen LogP contribution in [0.5, 0.6) is 11.5 Å². The molecule has 128 valence electrons. The molecule has 0 radical (unpaired) electrons. The van der Waals surface area contributed by atoms with E-state index in [0.29, 0.717) is 36.8 Å². The van der Waals surface area contributed by atoms with Gasteiger partial charge in [-0.05, 0) is 38.3 Å². The molecular formula is C17H23Cl2NO3. The van der Waals surface area contributed by atoms with E-state index in [-0.39, 0.29) is 5.91 Å². The maximum atomic E-state index is 12.3. The van der Waals surface area contributed by atoms with Crippen molar-refractivity contribution in [1.29, 1.82) is 0 Å². The summed E-state index contributed by atoms with van der Waals surface area (Å²) in [5.41, 5.74) is -0.111. The van der Waals surface area contributed by atoms with Gasteiger partial charge >= 0.3 is 0 Å². The third-order valence-corrected chi connectivity index (χ3v) is 4.99. The fourth-order valence-corrected chi connectivity index (χ4v) is 2.86. The van der Waals surface area contributed by atoms with Gasteiger partial charge in [0.1, 0.15) is 4.33 Å². The summed E-state index contributed by atoms with van der Waals surface area (Å²) in [5.74, 6) is 1.12. The zero-order valence-electron chi connectivity index (χ0n) is 13.7. The van der Waals surface area contributed by atoms with Crippen LogP contribution in [0.25, 0.3) is 0 Å². The number of ether oxygens (including phenoxy) is 2. The van der Waals surface area contributed by atoms with Crippen molar-refractivity contribution < 1.29 is 14.3 Å². The molecule has 1 amide bonds. The lowest BCUT2D eigenvalue weighted by atomic mass is 10.1. The van der Waals surface area contributed by atoms with Crippen LogP contribution >= 0.6 is 23.2 Å². The molecule has 1 aromatic rings. The molecule has 1 aliphatic carbocycles. The number of hydrogen-bond donors (Lipinski definition) is 1. The van der Waals surface area contributed by atoms with Gasteiger partial charge in [0.05, 0.1) is 18.6 Å². The van der Waals surface area contributed by atoms with Crippen molar-refractivity contribution in [2.45, 2.75) is 44.4 Å². The van der Waals surface area contributed by atoms with Gasteiger partial charge in [0.15, 0.2) is 11.5 Å². The maximum absolute atomic E-state index is 12.3. The Bertz CT molecular complexity index is 577. The molecule has 1 saturated carbocycles. The molecule has 0 aliphatic heterocycles. The summed E-state index contributed by atoms with van der Waals surface area (Å²) >= 11 is 12.1. The summed E-state index contributed by atoms with van der Waals surface area (Å²) in [6.07, 6.45) is 2.26. The van der Waals surface area contributed by atoms with E-state index in [0.717, 1.165) is 12.8 Å². The zero-order chi connectivity index (χ0) is 17.1. The van der Waals surface area contributed by atoms with E-state index in [4.69, 9.17) is 32.7 Å². The molecule has 1 aliphatic rings. The first kappa shape index (κ1) is 18.2. The standard InChI is InChI=1S/C17H23Cl2NO3/c1-4-8-22-13-7-6-12(10-14(13)23-9-5-2)20-15(21)16(3)11-17(16,18)19/h6-7,10H,4-5,8-9,11H2,1-3H3,(H,20,21)/t16-/m0/s1. The predicted molar refractivity (Wildman–Crippen MR) is 93.8 cm³/mol. The van der Waals surface area contributed by atoms with E-state index < -0.39 is 9.75 Å². The number of nitrogens with one attached hydrogen (secondary N) is 1. The van der Waals surface area contributed by atoms with Crippen LogP contribution in [0.1, 0.15) is 40.0 Å². The quantitative estimate of drug-likeness (QED) is 0.679. The van der Waals surface area contributed by atoms with Crippen LogP contribution in [0, 0.1) is 5.41 Å². The van der Waals surface area contributed by atoms with Crippen LogP contribution < -0.4 is 14.8 Å². The van der Waals surface area contributed by atoms with Gasteiger partial charge in [-0.2, -0.15) is 0 Å². The number of amides is 1. The Kier molecular flexibility index (Phi) is 5.69. The smallest absolute Gasteiger partial charge is 0.233 e. The minimum Gasteiger partial charge on any atom is -0.490 e. The second-order valence-electron chi connectivity index (χ2n) is 6.03. The van der Waals surface area contributed by atoms with Crippen LogP contribution in [-0.4, -0.2) is 23.5 Å². The summed E-state index contributed by atoms with van der Waals surface area (Å²) in [6.45, 7) is 7.04. The van der Waals surface area contributed by atoms with Gasteiger partial charge in [-0.3, -0.25) is 4.79 Å². The van der Waals surface area contributed by atoms with Gasteiger partial charge in [-0.25, -0.2) is 0 Å². The highest BCUT2D eigenvalue weighted by molar-refractivity contribution is 6.53. The largest absolute Gasteiger partial charge is 0.490 e. The first-order valence-electron chi connectivity index (χ1n) is 7.93. The van der Waals surface area contributed by atoms with Crippen molar-refractivity contribution in [2.75, 3.05) is 18.5 Å². The van der Waals surface area contributed by atoms with Gasteiger partial charge in [-0.1, -0.05) is 13.8 Å². The molecule has 1 N–H and O–H groups in total. The van der Waals surface area contributed by atoms with Crippen LogP contribution in [0.2, 0.25) is 0 Å². The monoisotopic (exact) mass is 359 g/mol. The molecule has 0 aromatic heterocycles. The number of carbonyl (C=O) groups excluding carboxylic acids is 1. The molecule has 0 spiro atoms. The molecule has 0 heterocycles. The fourth-order valence-electron chi connectivity index (χ4n) is 2.16. The summed E-state index contributed by atoms with van der Waals surface area (Å²) in [5, 5.41) is 2.86. The Morgan fingerprint density at radius 2 is 1.74 bits per heavy atom. The Balaban J connectivity index is 2.11. The van der Waals surface area contributed by atoms with Crippen LogP contribution in [0.3, 0.4) is 0 Å². The summed E-state index contributed by atoms with van der Waals surface area (Å²) in [6, 6.07) is 5.37. The van der Waals surface area contributed by atoms with Gasteiger partial charge in [-0.15, -0.1) is 23.2 Å². The topological polar surface area (TPSA) is 47.6 Å². The van der Waals surface area contributed by atoms with Crippen molar-refractivity contribution in [3.05, 3.63) is 18.2 Å². The lowest BCUT2D eigenvalue weighted by Gasteiger charge is -2.16. The van der Waals surface area contributed by atoms with E-state index in [1.807, 2.05) is 13.8 Å². The third-order valence-electron chi connectivity index (χ3n) is 3.88. The van der Waals surface area contributed by atoms with Gasteiger partial charge in [0.25, 0.3) is 0 Å². The molecule has 23 heavy (non-hydrogen) atoms. The minimum absolute atomic E-state index is 0.189. The first-order valence-corrected chi connectivity index (χ1v) is 8.68. The van der Waals surface area contributed by atoms with Gasteiger partial charge in [0, 0.05) is 11.8 Å². The Labute approximate surface area is 147 Å². The zero-order valence-corrected chi connectivity index (χ0v) is 15.3. The minimum atomic E-state index is -0.983. The van der Waals surface area contributed by atoms with Crippen molar-refractivity contribution in [3.8, 4) is 11.5 Å². The Morgan fingerprint density at radius 3 is 2.26 bits per heavy atom. The number of alkyl halides is 2. The second-order valence-corrected chi connectivity index (χ2v) is 7.51. The summed E-state index contributed by atoms with van der Waals surface area (Å²) in [7, 11) is 0. The summed E-state index contributed by atoms with van der Waals surface area (Å²) in [4.78, 5) is 12.3. The molecule has 4 nitrogen and oxygen atoms in total. The van der Waals surface area contributed by atoms with E-state index in [1.165, 1.54) is 0 Å². The van der Waals surface area contributed by atoms with E-state index >= 15 is 0 Å². The molecular weight excluding hydrogens is 337 g/mol. The SMILES string of the molecule is CCCOc1ccc(NC(=O)[C@]2(C)CC2(Cl)Cl)cc1OCCC. The molecule has 1 fully saturated rings. The van der Waals surface area contributed by atoms with Crippen LogP contribution in [0.4, 0.5) is 5.69 Å². The lowest BCUT2D eigenvalue weighted by Crippen LogP contribution is -2.25. The van der Waals surface area contributed by atoms with E-state index in [2.05, 4.69) is 5.32 Å². The van der Waals surface area contributed by atoms with Crippen LogP contribution in [0.15, 0.2) is 18.2 Å². The fraction of sp³-hybridized carbons (Fsp3) is 0.588. The molecule has 0 unspecified atom stereocenters. The normalized spacial score (nSPS) is 21.6. The average Bonchev–Trinajstić information content (AvgIpc) is 3.04. The van der Waals surface area contributed by atoms with E-state index in [9.17, 15) is 4.79 Å². The highest BCUT2D eigenvalue weighted by atomic mass is 35.5. The highest BCUT2D eigenvalue weighted by Gasteiger charge is 2.67. The van der Waals surface area contributed by atoms with Gasteiger partial charge < -0.3 is 14.8 Å². The van der Waals surface area contributed by atoms with Crippen molar-refractivity contribution >= 4 is 34.8 Å². The maximum Gasteiger partial charge on any atom is 0.233 e. The predicted octanol–water partition coefficient (Wildman–Crippen LogP) is 4.79. The lowest BCUT2D eigenvalue weighted by molar-refractivity contribution is -0.120. The number of anilines is 1. The van der Waals surface area contributed by atoms with Crippen LogP contribution in [-0.2, 0) is 4.79 Å². The average molecular weight is 360 g/mol. The number of hydrogen-bond acceptors (Lipinski definition) is 3. The Morgan fingerprint density at radius 1 is 1.17 bits per heavy atom. The number of carbonyl (C=O) groups is 1. The Hall–Kier alpha value is -1.13. The number of benzene rings is 1. The molecule has 0 saturated heterocycles. The number of rotatable bonds is 8. The molecule has 0 bridgehead atoms. The van der Waals surface area contributed by atoms with Gasteiger partial charge in [0.2, 0.25) is 5.91 Å². The summed E-state index contributed by atoms with van der Waals surface area (Å²) < 4.78 is 10.4. The van der Waals surface area contributed by atoms with E-state index in [1.54, 1.807) is 25.1 Å². The molecule has 2 rings (SSSR count). The third kappa shape index (κ3) is 4.04. The molecule has 6 heteroatoms. The highest BCUT2D eigenvalue weighted by Crippen LogP contribution is 2.64. The van der Waals surface area contributed by atoms with Crippen molar-refractivity contribution in [2.24, 2.45) is 5.41 Å². The molecule has 1 atom stereocenters. The van der Waals surface area contributed by atoms with Crippen molar-refractivity contribution in [3.63, 3.8) is 0 Å². The first-order chi connectivity index (χ1) is 10.8. The van der Waals surface area contributed by atoms with Crippen molar-refractivity contribution in [1.82, 2.24) is 0 Å². The second kappa shape index (κ2) is 7.18. The number of halogens is 2. The molecule has 1 aromatic carbocycles.